The molecule has 1 atom stereocenters. The van der Waals surface area contributed by atoms with Gasteiger partial charge in [0.25, 0.3) is 0 Å². The van der Waals surface area contributed by atoms with Crippen molar-refractivity contribution in [1.29, 1.82) is 0 Å². The minimum Gasteiger partial charge on any atom is -0.363 e. The van der Waals surface area contributed by atoms with Gasteiger partial charge in [-0.05, 0) is 25.0 Å². The van der Waals surface area contributed by atoms with Crippen LogP contribution in [0.25, 0.3) is 0 Å². The summed E-state index contributed by atoms with van der Waals surface area (Å²) in [6.45, 7) is 2.23. The van der Waals surface area contributed by atoms with E-state index in [4.69, 9.17) is 0 Å². The van der Waals surface area contributed by atoms with E-state index in [0.717, 1.165) is 18.1 Å². The Morgan fingerprint density at radius 2 is 2.00 bits per heavy atom. The molecule has 2 heterocycles. The predicted molar refractivity (Wildman–Crippen MR) is 78.1 cm³/mol. The largest absolute Gasteiger partial charge is 0.363 e. The second kappa shape index (κ2) is 4.53. The van der Waals surface area contributed by atoms with Crippen molar-refractivity contribution < 1.29 is 0 Å². The Labute approximate surface area is 113 Å². The first kappa shape index (κ1) is 12.0. The Morgan fingerprint density at radius 1 is 1.21 bits per heavy atom. The molecular weight excluding hydrogens is 236 g/mol. The van der Waals surface area contributed by atoms with Gasteiger partial charge in [-0.15, -0.1) is 0 Å². The smallest absolute Gasteiger partial charge is 0.138 e. The van der Waals surface area contributed by atoms with Gasteiger partial charge in [-0.2, -0.15) is 0 Å². The fourth-order valence-electron chi connectivity index (χ4n) is 2.63. The van der Waals surface area contributed by atoms with Gasteiger partial charge >= 0.3 is 0 Å². The van der Waals surface area contributed by atoms with Gasteiger partial charge < -0.3 is 9.80 Å². The van der Waals surface area contributed by atoms with E-state index >= 15 is 0 Å². The number of rotatable bonds is 2. The number of hydrogen-bond acceptors (Lipinski definition) is 4. The van der Waals surface area contributed by atoms with Crippen LogP contribution in [0.5, 0.6) is 0 Å². The van der Waals surface area contributed by atoms with Crippen molar-refractivity contribution in [2.75, 3.05) is 23.9 Å². The zero-order valence-corrected chi connectivity index (χ0v) is 11.5. The Hall–Kier alpha value is -2.10. The molecule has 0 spiro atoms. The SMILES string of the molecule is CC1Cc2ccccc2N1c1cc(N(C)C)ncn1. The molecule has 19 heavy (non-hydrogen) atoms. The average Bonchev–Trinajstić information content (AvgIpc) is 2.74. The van der Waals surface area contributed by atoms with Crippen molar-refractivity contribution in [2.45, 2.75) is 19.4 Å². The second-order valence-electron chi connectivity index (χ2n) is 5.18. The molecule has 0 saturated carbocycles. The standard InChI is InChI=1S/C15H18N4/c1-11-8-12-6-4-5-7-13(12)19(11)15-9-14(18(2)3)16-10-17-15/h4-7,9-11H,8H2,1-3H3. The zero-order chi connectivity index (χ0) is 13.4. The fourth-order valence-corrected chi connectivity index (χ4v) is 2.63. The molecule has 0 bridgehead atoms. The van der Waals surface area contributed by atoms with Crippen molar-refractivity contribution in [3.05, 3.63) is 42.2 Å². The molecule has 4 nitrogen and oxygen atoms in total. The zero-order valence-electron chi connectivity index (χ0n) is 11.5. The molecular formula is C15H18N4. The highest BCUT2D eigenvalue weighted by Gasteiger charge is 2.27. The lowest BCUT2D eigenvalue weighted by Crippen LogP contribution is -2.25. The highest BCUT2D eigenvalue weighted by molar-refractivity contribution is 5.70. The van der Waals surface area contributed by atoms with Gasteiger partial charge in [0, 0.05) is 31.9 Å². The summed E-state index contributed by atoms with van der Waals surface area (Å²) in [7, 11) is 3.99. The number of anilines is 3. The van der Waals surface area contributed by atoms with Gasteiger partial charge in [-0.1, -0.05) is 18.2 Å². The van der Waals surface area contributed by atoms with Crippen LogP contribution in [-0.2, 0) is 6.42 Å². The minimum absolute atomic E-state index is 0.433. The van der Waals surface area contributed by atoms with E-state index in [2.05, 4.69) is 46.1 Å². The molecule has 0 saturated heterocycles. The van der Waals surface area contributed by atoms with E-state index in [0.29, 0.717) is 6.04 Å². The third-order valence-electron chi connectivity index (χ3n) is 3.55. The lowest BCUT2D eigenvalue weighted by Gasteiger charge is -2.24. The van der Waals surface area contributed by atoms with Crippen LogP contribution in [0, 0.1) is 0 Å². The number of nitrogens with zero attached hydrogens (tertiary/aromatic N) is 4. The lowest BCUT2D eigenvalue weighted by atomic mass is 10.1. The maximum absolute atomic E-state index is 4.44. The Balaban J connectivity index is 2.05. The molecule has 1 aromatic carbocycles. The first-order valence-corrected chi connectivity index (χ1v) is 6.53. The third-order valence-corrected chi connectivity index (χ3v) is 3.55. The number of para-hydroxylation sites is 1. The van der Waals surface area contributed by atoms with Gasteiger partial charge in [0.15, 0.2) is 0 Å². The normalized spacial score (nSPS) is 17.4. The number of hydrogen-bond donors (Lipinski definition) is 0. The second-order valence-corrected chi connectivity index (χ2v) is 5.18. The lowest BCUT2D eigenvalue weighted by molar-refractivity contribution is 0.748. The number of fused-ring (bicyclic) bond motifs is 1. The van der Waals surface area contributed by atoms with Crippen LogP contribution in [0.1, 0.15) is 12.5 Å². The molecule has 0 aliphatic carbocycles. The van der Waals surface area contributed by atoms with E-state index < -0.39 is 0 Å². The number of benzene rings is 1. The molecule has 1 aliphatic heterocycles. The van der Waals surface area contributed by atoms with Gasteiger partial charge in [0.05, 0.1) is 0 Å². The van der Waals surface area contributed by atoms with Crippen LogP contribution in [0.2, 0.25) is 0 Å². The first-order chi connectivity index (χ1) is 9.16. The molecule has 1 aliphatic rings. The van der Waals surface area contributed by atoms with E-state index in [9.17, 15) is 0 Å². The van der Waals surface area contributed by atoms with E-state index in [1.807, 2.05) is 25.1 Å². The maximum Gasteiger partial charge on any atom is 0.138 e. The Bertz CT molecular complexity index is 594. The van der Waals surface area contributed by atoms with Crippen molar-refractivity contribution >= 4 is 17.3 Å². The highest BCUT2D eigenvalue weighted by atomic mass is 15.2. The molecule has 2 aromatic rings. The first-order valence-electron chi connectivity index (χ1n) is 6.53. The summed E-state index contributed by atoms with van der Waals surface area (Å²) >= 11 is 0. The molecule has 0 fully saturated rings. The molecule has 4 heteroatoms. The van der Waals surface area contributed by atoms with Gasteiger partial charge in [0.1, 0.15) is 18.0 Å². The van der Waals surface area contributed by atoms with Crippen molar-refractivity contribution in [3.63, 3.8) is 0 Å². The molecule has 98 valence electrons. The van der Waals surface area contributed by atoms with Crippen molar-refractivity contribution in [3.8, 4) is 0 Å². The topological polar surface area (TPSA) is 32.3 Å². The molecule has 0 amide bonds. The van der Waals surface area contributed by atoms with Crippen molar-refractivity contribution in [2.24, 2.45) is 0 Å². The van der Waals surface area contributed by atoms with Gasteiger partial charge in [-0.3, -0.25) is 0 Å². The Morgan fingerprint density at radius 3 is 2.79 bits per heavy atom. The van der Waals surface area contributed by atoms with Crippen LogP contribution in [-0.4, -0.2) is 30.1 Å². The summed E-state index contributed by atoms with van der Waals surface area (Å²) in [6.07, 6.45) is 2.70. The average molecular weight is 254 g/mol. The molecule has 3 rings (SSSR count). The van der Waals surface area contributed by atoms with Crippen molar-refractivity contribution in [1.82, 2.24) is 9.97 Å². The highest BCUT2D eigenvalue weighted by Crippen LogP contribution is 2.37. The fraction of sp³-hybridized carbons (Fsp3) is 0.333. The van der Waals surface area contributed by atoms with Gasteiger partial charge in [-0.25, -0.2) is 9.97 Å². The van der Waals surface area contributed by atoms with Crippen LogP contribution >= 0.6 is 0 Å². The quantitative estimate of drug-likeness (QED) is 0.824. The predicted octanol–water partition coefficient (Wildman–Crippen LogP) is 2.63. The summed E-state index contributed by atoms with van der Waals surface area (Å²) in [5, 5.41) is 0. The molecule has 0 N–H and O–H groups in total. The van der Waals surface area contributed by atoms with E-state index in [1.54, 1.807) is 6.33 Å². The summed E-state index contributed by atoms with van der Waals surface area (Å²) < 4.78 is 0. The third kappa shape index (κ3) is 2.03. The minimum atomic E-state index is 0.433. The van der Waals surface area contributed by atoms with Gasteiger partial charge in [0.2, 0.25) is 0 Å². The summed E-state index contributed by atoms with van der Waals surface area (Å²) in [6, 6.07) is 11.0. The monoisotopic (exact) mass is 254 g/mol. The molecule has 0 radical (unpaired) electrons. The van der Waals surface area contributed by atoms with Crippen LogP contribution in [0.4, 0.5) is 17.3 Å². The summed E-state index contributed by atoms with van der Waals surface area (Å²) in [5.74, 6) is 1.90. The van der Waals surface area contributed by atoms with E-state index in [-0.39, 0.29) is 0 Å². The van der Waals surface area contributed by atoms with Crippen LogP contribution in [0.15, 0.2) is 36.7 Å². The Kier molecular flexibility index (Phi) is 2.85. The summed E-state index contributed by atoms with van der Waals surface area (Å²) in [5.41, 5.74) is 2.65. The molecule has 1 aromatic heterocycles. The summed E-state index contributed by atoms with van der Waals surface area (Å²) in [4.78, 5) is 13.0. The number of aromatic nitrogens is 2. The maximum atomic E-state index is 4.44. The van der Waals surface area contributed by atoms with E-state index in [1.165, 1.54) is 11.3 Å². The van der Waals surface area contributed by atoms with Crippen LogP contribution < -0.4 is 9.80 Å². The molecule has 1 unspecified atom stereocenters. The van der Waals surface area contributed by atoms with Crippen LogP contribution in [0.3, 0.4) is 0 Å².